The Labute approximate surface area is 117 Å². The lowest BCUT2D eigenvalue weighted by molar-refractivity contribution is 0.965. The molecule has 20 heavy (non-hydrogen) atoms. The first-order valence-corrected chi connectivity index (χ1v) is 6.84. The predicted octanol–water partition coefficient (Wildman–Crippen LogP) is 4.34. The molecule has 4 rings (SSSR count). The lowest BCUT2D eigenvalue weighted by Gasteiger charge is -1.97. The molecule has 2 aromatic heterocycles. The fourth-order valence-corrected chi connectivity index (χ4v) is 3.11. The lowest BCUT2D eigenvalue weighted by atomic mass is 10.0. The molecule has 0 amide bonds. The number of nitrogens with zero attached hydrogens (tertiary/aromatic N) is 2. The van der Waals surface area contributed by atoms with Crippen LogP contribution in [0.2, 0.25) is 0 Å². The lowest BCUT2D eigenvalue weighted by Crippen LogP contribution is -1.82. The molecule has 0 atom stereocenters. The first-order valence-electron chi connectivity index (χ1n) is 6.84. The molecule has 2 heteroatoms. The monoisotopic (exact) mass is 260 g/mol. The quantitative estimate of drug-likeness (QED) is 0.482. The zero-order valence-electron chi connectivity index (χ0n) is 11.7. The first-order chi connectivity index (χ1) is 9.75. The third kappa shape index (κ3) is 1.45. The topological polar surface area (TPSA) is 9.86 Å². The standard InChI is InChI=1S/C18H16N2/c1-19-11-15(13-7-3-5-9-17(13)19)16-12-20(2)18-10-6-4-8-14(16)18/h3-12H,1-2H3. The highest BCUT2D eigenvalue weighted by Crippen LogP contribution is 2.35. The van der Waals surface area contributed by atoms with E-state index in [4.69, 9.17) is 0 Å². The molecule has 2 heterocycles. The van der Waals surface area contributed by atoms with Crippen LogP contribution in [0.4, 0.5) is 0 Å². The second-order valence-electron chi connectivity index (χ2n) is 5.34. The SMILES string of the molecule is Cn1cc(-c2cn(C)c3ccccc23)c2ccccc21. The summed E-state index contributed by atoms with van der Waals surface area (Å²) in [6, 6.07) is 17.1. The minimum absolute atomic E-state index is 1.27. The van der Waals surface area contributed by atoms with Gasteiger partial charge in [0, 0.05) is 59.4 Å². The number of fused-ring (bicyclic) bond motifs is 2. The molecule has 0 aliphatic carbocycles. The second-order valence-corrected chi connectivity index (χ2v) is 5.34. The van der Waals surface area contributed by atoms with Gasteiger partial charge in [-0.2, -0.15) is 0 Å². The molecule has 0 N–H and O–H groups in total. The number of aryl methyl sites for hydroxylation is 2. The summed E-state index contributed by atoms with van der Waals surface area (Å²) in [7, 11) is 4.22. The predicted molar refractivity (Wildman–Crippen MR) is 84.8 cm³/mol. The zero-order valence-corrected chi connectivity index (χ0v) is 11.7. The third-order valence-corrected chi connectivity index (χ3v) is 4.08. The van der Waals surface area contributed by atoms with Gasteiger partial charge >= 0.3 is 0 Å². The molecular weight excluding hydrogens is 244 g/mol. The molecular formula is C18H16N2. The smallest absolute Gasteiger partial charge is 0.0484 e. The van der Waals surface area contributed by atoms with E-state index in [9.17, 15) is 0 Å². The maximum absolute atomic E-state index is 2.23. The minimum atomic E-state index is 1.27. The fraction of sp³-hybridized carbons (Fsp3) is 0.111. The number of benzene rings is 2. The van der Waals surface area contributed by atoms with Crippen LogP contribution in [-0.2, 0) is 14.1 Å². The van der Waals surface area contributed by atoms with Gasteiger partial charge in [-0.25, -0.2) is 0 Å². The van der Waals surface area contributed by atoms with Crippen molar-refractivity contribution < 1.29 is 0 Å². The zero-order chi connectivity index (χ0) is 13.7. The van der Waals surface area contributed by atoms with E-state index < -0.39 is 0 Å². The van der Waals surface area contributed by atoms with Crippen LogP contribution in [0.1, 0.15) is 0 Å². The van der Waals surface area contributed by atoms with Gasteiger partial charge in [0.15, 0.2) is 0 Å². The molecule has 0 aliphatic rings. The van der Waals surface area contributed by atoms with Crippen molar-refractivity contribution in [2.24, 2.45) is 14.1 Å². The molecule has 0 radical (unpaired) electrons. The summed E-state index contributed by atoms with van der Waals surface area (Å²) in [5.74, 6) is 0. The van der Waals surface area contributed by atoms with E-state index in [1.807, 2.05) is 0 Å². The van der Waals surface area contributed by atoms with Crippen molar-refractivity contribution in [3.05, 3.63) is 60.9 Å². The number of aromatic nitrogens is 2. The van der Waals surface area contributed by atoms with Crippen LogP contribution in [0.3, 0.4) is 0 Å². The Bertz CT molecular complexity index is 847. The highest BCUT2D eigenvalue weighted by Gasteiger charge is 2.13. The van der Waals surface area contributed by atoms with Crippen LogP contribution in [0.5, 0.6) is 0 Å². The highest BCUT2D eigenvalue weighted by molar-refractivity contribution is 6.05. The first kappa shape index (κ1) is 11.4. The van der Waals surface area contributed by atoms with E-state index in [1.165, 1.54) is 32.9 Å². The molecule has 0 spiro atoms. The van der Waals surface area contributed by atoms with E-state index in [1.54, 1.807) is 0 Å². The Kier molecular flexibility index (Phi) is 2.27. The van der Waals surface area contributed by atoms with Gasteiger partial charge in [0.1, 0.15) is 0 Å². The summed E-state index contributed by atoms with van der Waals surface area (Å²) < 4.78 is 4.40. The molecule has 0 bridgehead atoms. The van der Waals surface area contributed by atoms with Crippen LogP contribution in [0.15, 0.2) is 60.9 Å². The molecule has 2 aromatic carbocycles. The summed E-state index contributed by atoms with van der Waals surface area (Å²) in [6.07, 6.45) is 4.46. The van der Waals surface area contributed by atoms with Gasteiger partial charge in [-0.3, -0.25) is 0 Å². The van der Waals surface area contributed by atoms with Gasteiger partial charge in [-0.15, -0.1) is 0 Å². The molecule has 98 valence electrons. The third-order valence-electron chi connectivity index (χ3n) is 4.08. The average molecular weight is 260 g/mol. The molecule has 0 aliphatic heterocycles. The summed E-state index contributed by atoms with van der Waals surface area (Å²) in [6.45, 7) is 0. The van der Waals surface area contributed by atoms with Crippen molar-refractivity contribution in [2.75, 3.05) is 0 Å². The summed E-state index contributed by atoms with van der Waals surface area (Å²) in [5, 5.41) is 2.62. The van der Waals surface area contributed by atoms with Crippen LogP contribution >= 0.6 is 0 Å². The molecule has 4 aromatic rings. The Morgan fingerprint density at radius 3 is 1.45 bits per heavy atom. The van der Waals surface area contributed by atoms with Crippen LogP contribution in [0.25, 0.3) is 32.9 Å². The van der Waals surface area contributed by atoms with E-state index in [-0.39, 0.29) is 0 Å². The van der Waals surface area contributed by atoms with Gasteiger partial charge in [0.25, 0.3) is 0 Å². The number of rotatable bonds is 1. The Balaban J connectivity index is 2.12. The molecule has 0 saturated heterocycles. The number of para-hydroxylation sites is 2. The van der Waals surface area contributed by atoms with Crippen molar-refractivity contribution in [2.45, 2.75) is 0 Å². The van der Waals surface area contributed by atoms with Gasteiger partial charge in [-0.1, -0.05) is 36.4 Å². The summed E-state index contributed by atoms with van der Waals surface area (Å²) in [5.41, 5.74) is 5.16. The second kappa shape index (κ2) is 4.01. The van der Waals surface area contributed by atoms with Crippen molar-refractivity contribution in [3.8, 4) is 11.1 Å². The number of hydrogen-bond acceptors (Lipinski definition) is 0. The summed E-state index contributed by atoms with van der Waals surface area (Å²) >= 11 is 0. The Hall–Kier alpha value is -2.48. The van der Waals surface area contributed by atoms with Crippen molar-refractivity contribution in [3.63, 3.8) is 0 Å². The molecule has 2 nitrogen and oxygen atoms in total. The van der Waals surface area contributed by atoms with Crippen molar-refractivity contribution in [1.29, 1.82) is 0 Å². The van der Waals surface area contributed by atoms with E-state index in [0.29, 0.717) is 0 Å². The molecule has 0 unspecified atom stereocenters. The van der Waals surface area contributed by atoms with Crippen molar-refractivity contribution in [1.82, 2.24) is 9.13 Å². The van der Waals surface area contributed by atoms with Gasteiger partial charge < -0.3 is 9.13 Å². The minimum Gasteiger partial charge on any atom is -0.350 e. The summed E-state index contributed by atoms with van der Waals surface area (Å²) in [4.78, 5) is 0. The normalized spacial score (nSPS) is 11.5. The van der Waals surface area contributed by atoms with E-state index >= 15 is 0 Å². The maximum atomic E-state index is 2.23. The van der Waals surface area contributed by atoms with Gasteiger partial charge in [0.05, 0.1) is 0 Å². The van der Waals surface area contributed by atoms with E-state index in [2.05, 4.69) is 84.2 Å². The Morgan fingerprint density at radius 2 is 1.00 bits per heavy atom. The fourth-order valence-electron chi connectivity index (χ4n) is 3.11. The van der Waals surface area contributed by atoms with E-state index in [0.717, 1.165) is 0 Å². The van der Waals surface area contributed by atoms with Gasteiger partial charge in [0.2, 0.25) is 0 Å². The largest absolute Gasteiger partial charge is 0.350 e. The average Bonchev–Trinajstić information content (AvgIpc) is 2.99. The van der Waals surface area contributed by atoms with Crippen LogP contribution in [-0.4, -0.2) is 9.13 Å². The highest BCUT2D eigenvalue weighted by atomic mass is 14.9. The van der Waals surface area contributed by atoms with Gasteiger partial charge in [-0.05, 0) is 12.1 Å². The Morgan fingerprint density at radius 1 is 0.600 bits per heavy atom. The van der Waals surface area contributed by atoms with Crippen LogP contribution in [0, 0.1) is 0 Å². The molecule has 0 saturated carbocycles. The van der Waals surface area contributed by atoms with Crippen molar-refractivity contribution >= 4 is 21.8 Å². The number of hydrogen-bond donors (Lipinski definition) is 0. The molecule has 0 fully saturated rings. The maximum Gasteiger partial charge on any atom is 0.0484 e. The van der Waals surface area contributed by atoms with Crippen LogP contribution < -0.4 is 0 Å².